The molecule has 136 valence electrons. The molecule has 1 aliphatic heterocycles. The van der Waals surface area contributed by atoms with E-state index in [0.717, 1.165) is 34.3 Å². The predicted octanol–water partition coefficient (Wildman–Crippen LogP) is 2.80. The van der Waals surface area contributed by atoms with Gasteiger partial charge in [0.05, 0.1) is 28.9 Å². The first-order chi connectivity index (χ1) is 12.1. The maximum Gasteiger partial charge on any atom is 0.244 e. The van der Waals surface area contributed by atoms with Crippen molar-refractivity contribution in [3.63, 3.8) is 0 Å². The minimum atomic E-state index is -3.48. The van der Waals surface area contributed by atoms with Crippen molar-refractivity contribution in [2.75, 3.05) is 26.3 Å². The predicted molar refractivity (Wildman–Crippen MR) is 99.5 cm³/mol. The average Bonchev–Trinajstić information content (AvgIpc) is 3.09. The second kappa shape index (κ2) is 8.59. The summed E-state index contributed by atoms with van der Waals surface area (Å²) in [5, 5.41) is 4.04. The number of thiazole rings is 1. The number of hydrogen-bond donors (Lipinski definition) is 0. The van der Waals surface area contributed by atoms with Gasteiger partial charge >= 0.3 is 0 Å². The van der Waals surface area contributed by atoms with Gasteiger partial charge in [-0.05, 0) is 25.0 Å². The molecule has 3 rings (SSSR count). The van der Waals surface area contributed by atoms with Crippen LogP contribution in [0.15, 0.2) is 33.6 Å². The van der Waals surface area contributed by atoms with Crippen molar-refractivity contribution < 1.29 is 13.2 Å². The zero-order chi connectivity index (χ0) is 17.7. The average molecular weight is 400 g/mol. The number of hydrogen-bond acceptors (Lipinski definition) is 7. The second-order valence-corrected chi connectivity index (χ2v) is 9.50. The number of nitrogens with zero attached hydrogens (tertiary/aromatic N) is 3. The van der Waals surface area contributed by atoms with E-state index in [1.54, 1.807) is 35.2 Å². The lowest BCUT2D eigenvalue weighted by Gasteiger charge is -2.25. The fourth-order valence-electron chi connectivity index (χ4n) is 2.43. The number of pyridine rings is 1. The molecule has 6 nitrogen and oxygen atoms in total. The number of aromatic nitrogens is 2. The largest absolute Gasteiger partial charge is 0.379 e. The topological polar surface area (TPSA) is 72.4 Å². The summed E-state index contributed by atoms with van der Waals surface area (Å²) in [6.07, 6.45) is 3.55. The molecule has 25 heavy (non-hydrogen) atoms. The summed E-state index contributed by atoms with van der Waals surface area (Å²) < 4.78 is 31.8. The summed E-state index contributed by atoms with van der Waals surface area (Å²) in [7, 11) is -3.48. The van der Waals surface area contributed by atoms with E-state index < -0.39 is 10.0 Å². The molecule has 0 bridgehead atoms. The molecule has 1 aliphatic rings. The van der Waals surface area contributed by atoms with E-state index in [4.69, 9.17) is 4.74 Å². The maximum atomic E-state index is 12.6. The fourth-order valence-corrected chi connectivity index (χ4v) is 5.53. The van der Waals surface area contributed by atoms with Gasteiger partial charge in [-0.1, -0.05) is 6.92 Å². The summed E-state index contributed by atoms with van der Waals surface area (Å²) in [5.41, 5.74) is 1.05. The summed E-state index contributed by atoms with van der Waals surface area (Å²) >= 11 is 3.26. The molecule has 0 radical (unpaired) electrons. The van der Waals surface area contributed by atoms with Crippen LogP contribution in [-0.4, -0.2) is 49.0 Å². The lowest BCUT2D eigenvalue weighted by molar-refractivity contribution is 0.0730. The highest BCUT2D eigenvalue weighted by atomic mass is 32.2. The first-order valence-electron chi connectivity index (χ1n) is 8.19. The number of rotatable bonds is 7. The highest BCUT2D eigenvalue weighted by Gasteiger charge is 2.26. The Morgan fingerprint density at radius 3 is 2.80 bits per heavy atom. The van der Waals surface area contributed by atoms with E-state index in [-0.39, 0.29) is 4.90 Å². The smallest absolute Gasteiger partial charge is 0.244 e. The molecule has 0 unspecified atom stereocenters. The molecule has 0 amide bonds. The normalized spacial score (nSPS) is 16.2. The lowest BCUT2D eigenvalue weighted by Crippen LogP contribution is -2.40. The van der Waals surface area contributed by atoms with Gasteiger partial charge in [0.1, 0.15) is 4.90 Å². The summed E-state index contributed by atoms with van der Waals surface area (Å²) in [6.45, 7) is 3.81. The van der Waals surface area contributed by atoms with Crippen molar-refractivity contribution in [2.45, 2.75) is 35.4 Å². The van der Waals surface area contributed by atoms with E-state index in [0.29, 0.717) is 26.3 Å². The molecule has 0 aliphatic carbocycles. The number of thioether (sulfide) groups is 1. The Bertz CT molecular complexity index is 784. The van der Waals surface area contributed by atoms with Crippen LogP contribution in [0.1, 0.15) is 24.0 Å². The highest BCUT2D eigenvalue weighted by molar-refractivity contribution is 7.98. The van der Waals surface area contributed by atoms with Crippen LogP contribution in [0, 0.1) is 0 Å². The van der Waals surface area contributed by atoms with Crippen molar-refractivity contribution >= 4 is 33.1 Å². The molecule has 1 fully saturated rings. The van der Waals surface area contributed by atoms with Crippen LogP contribution in [-0.2, 0) is 26.9 Å². The Kier molecular flexibility index (Phi) is 6.45. The zero-order valence-electron chi connectivity index (χ0n) is 14.1. The van der Waals surface area contributed by atoms with Crippen LogP contribution in [0.5, 0.6) is 0 Å². The number of ether oxygens (including phenoxy) is 1. The third-order valence-electron chi connectivity index (χ3n) is 3.75. The van der Waals surface area contributed by atoms with Crippen molar-refractivity contribution in [3.05, 3.63) is 34.4 Å². The zero-order valence-corrected chi connectivity index (χ0v) is 16.5. The van der Waals surface area contributed by atoms with Crippen molar-refractivity contribution in [1.82, 2.24) is 14.3 Å². The van der Waals surface area contributed by atoms with Crippen molar-refractivity contribution in [1.29, 1.82) is 0 Å². The van der Waals surface area contributed by atoms with E-state index in [2.05, 4.69) is 22.3 Å². The molecular formula is C16H21N3O3S3. The first-order valence-corrected chi connectivity index (χ1v) is 11.5. The van der Waals surface area contributed by atoms with Crippen LogP contribution in [0.4, 0.5) is 0 Å². The standard InChI is InChI=1S/C16H21N3O3S3/c1-2-3-16-18-13(12-24-16)11-23-15-5-4-14(10-17-15)25(20,21)19-6-8-22-9-7-19/h4-5,10,12H,2-3,6-9,11H2,1H3. The van der Waals surface area contributed by atoms with Crippen LogP contribution < -0.4 is 0 Å². The molecule has 1 saturated heterocycles. The SMILES string of the molecule is CCCc1nc(CSc2ccc(S(=O)(=O)N3CCOCC3)cn2)cs1. The van der Waals surface area contributed by atoms with Crippen LogP contribution in [0.3, 0.4) is 0 Å². The van der Waals surface area contributed by atoms with Crippen LogP contribution in [0.25, 0.3) is 0 Å². The van der Waals surface area contributed by atoms with Gasteiger partial charge in [0.15, 0.2) is 0 Å². The number of morpholine rings is 1. The minimum absolute atomic E-state index is 0.234. The van der Waals surface area contributed by atoms with Gasteiger partial charge in [0, 0.05) is 30.4 Å². The van der Waals surface area contributed by atoms with Gasteiger partial charge in [0.25, 0.3) is 0 Å². The summed E-state index contributed by atoms with van der Waals surface area (Å²) in [5.74, 6) is 0.739. The molecule has 2 aromatic rings. The first kappa shape index (κ1) is 18.8. The molecule has 3 heterocycles. The third-order valence-corrected chi connectivity index (χ3v) is 7.57. The van der Waals surface area contributed by atoms with E-state index >= 15 is 0 Å². The molecular weight excluding hydrogens is 378 g/mol. The van der Waals surface area contributed by atoms with Crippen LogP contribution >= 0.6 is 23.1 Å². The van der Waals surface area contributed by atoms with Crippen LogP contribution in [0.2, 0.25) is 0 Å². The number of aryl methyl sites for hydroxylation is 1. The molecule has 0 atom stereocenters. The van der Waals surface area contributed by atoms with Crippen molar-refractivity contribution in [3.8, 4) is 0 Å². The van der Waals surface area contributed by atoms with Crippen molar-refractivity contribution in [2.24, 2.45) is 0 Å². The monoisotopic (exact) mass is 399 g/mol. The van der Waals surface area contributed by atoms with Gasteiger partial charge in [-0.2, -0.15) is 4.31 Å². The minimum Gasteiger partial charge on any atom is -0.379 e. The van der Waals surface area contributed by atoms with Gasteiger partial charge in [-0.15, -0.1) is 23.1 Å². The van der Waals surface area contributed by atoms with E-state index in [9.17, 15) is 8.42 Å². The number of sulfonamides is 1. The Morgan fingerprint density at radius 1 is 1.32 bits per heavy atom. The molecule has 0 N–H and O–H groups in total. The van der Waals surface area contributed by atoms with E-state index in [1.165, 1.54) is 10.5 Å². The third kappa shape index (κ3) is 4.79. The Labute approximate surface area is 156 Å². The molecule has 0 aromatic carbocycles. The quantitative estimate of drug-likeness (QED) is 0.667. The maximum absolute atomic E-state index is 12.6. The van der Waals surface area contributed by atoms with Gasteiger partial charge in [0.2, 0.25) is 10.0 Å². The fraction of sp³-hybridized carbons (Fsp3) is 0.500. The lowest BCUT2D eigenvalue weighted by atomic mass is 10.3. The van der Waals surface area contributed by atoms with E-state index in [1.807, 2.05) is 0 Å². The molecule has 0 spiro atoms. The highest BCUT2D eigenvalue weighted by Crippen LogP contribution is 2.24. The Balaban J connectivity index is 1.61. The second-order valence-electron chi connectivity index (χ2n) is 5.62. The van der Waals surface area contributed by atoms with Gasteiger partial charge in [-0.25, -0.2) is 18.4 Å². The van der Waals surface area contributed by atoms with Gasteiger partial charge in [-0.3, -0.25) is 0 Å². The molecule has 0 saturated carbocycles. The molecule has 9 heteroatoms. The Hall–Kier alpha value is -1.00. The molecule has 2 aromatic heterocycles. The van der Waals surface area contributed by atoms with Gasteiger partial charge < -0.3 is 4.74 Å². The Morgan fingerprint density at radius 2 is 2.12 bits per heavy atom. The summed E-state index contributed by atoms with van der Waals surface area (Å²) in [6, 6.07) is 3.39. The summed E-state index contributed by atoms with van der Waals surface area (Å²) in [4.78, 5) is 9.12.